The normalized spacial score (nSPS) is 13.9. The van der Waals surface area contributed by atoms with Crippen molar-refractivity contribution in [1.82, 2.24) is 30.7 Å². The molecule has 5 aromatic rings. The fourth-order valence-corrected chi connectivity index (χ4v) is 6.85. The first kappa shape index (κ1) is 31.3. The molecule has 1 aliphatic heterocycles. The summed E-state index contributed by atoms with van der Waals surface area (Å²) in [7, 11) is 0. The van der Waals surface area contributed by atoms with E-state index in [1.165, 1.54) is 35.2 Å². The van der Waals surface area contributed by atoms with E-state index in [9.17, 15) is 27.6 Å². The molecule has 1 aliphatic rings. The second kappa shape index (κ2) is 13.3. The number of aromatic amines is 1. The van der Waals surface area contributed by atoms with Gasteiger partial charge in [-0.15, -0.1) is 11.3 Å². The highest BCUT2D eigenvalue weighted by Crippen LogP contribution is 2.34. The number of hydrogen-bond acceptors (Lipinski definition) is 7. The monoisotopic (exact) mass is 664 g/mol. The fourth-order valence-electron chi connectivity index (χ4n) is 5.20. The molecule has 236 valence electrons. The second-order valence-corrected chi connectivity index (χ2v) is 12.5. The number of fused-ring (bicyclic) bond motifs is 1. The molecule has 0 atom stereocenters. The number of rotatable bonds is 7. The number of benzene rings is 3. The molecule has 1 fully saturated rings. The number of imidazole rings is 1. The zero-order valence-corrected chi connectivity index (χ0v) is 25.8. The van der Waals surface area contributed by atoms with Gasteiger partial charge in [0.25, 0.3) is 11.8 Å². The number of nitrogens with zero attached hydrogens (tertiary/aromatic N) is 3. The molecule has 3 N–H and O–H groups in total. The molecule has 0 radical (unpaired) electrons. The van der Waals surface area contributed by atoms with Crippen molar-refractivity contribution >= 4 is 51.9 Å². The Hall–Kier alpha value is -4.69. The lowest BCUT2D eigenvalue weighted by Crippen LogP contribution is -2.42. The van der Waals surface area contributed by atoms with Gasteiger partial charge in [0.2, 0.25) is 5.91 Å². The van der Waals surface area contributed by atoms with Crippen molar-refractivity contribution in [3.8, 4) is 11.1 Å². The van der Waals surface area contributed by atoms with Crippen LogP contribution in [-0.4, -0.2) is 56.4 Å². The van der Waals surface area contributed by atoms with Gasteiger partial charge in [-0.25, -0.2) is 9.97 Å². The van der Waals surface area contributed by atoms with Gasteiger partial charge in [-0.3, -0.25) is 25.2 Å². The highest BCUT2D eigenvalue weighted by atomic mass is 32.2. The van der Waals surface area contributed by atoms with Gasteiger partial charge in [0, 0.05) is 30.0 Å². The number of halogens is 3. The fraction of sp³-hybridized carbons (Fsp3) is 0.219. The highest BCUT2D eigenvalue weighted by molar-refractivity contribution is 7.99. The van der Waals surface area contributed by atoms with E-state index >= 15 is 0 Å². The quantitative estimate of drug-likeness (QED) is 0.139. The lowest BCUT2D eigenvalue weighted by atomic mass is 9.94. The van der Waals surface area contributed by atoms with Crippen molar-refractivity contribution in [2.24, 2.45) is 0 Å². The molecule has 3 heterocycles. The molecular weight excluding hydrogens is 638 g/mol. The van der Waals surface area contributed by atoms with Crippen LogP contribution in [0.5, 0.6) is 0 Å². The van der Waals surface area contributed by atoms with Crippen LogP contribution in [0.15, 0.2) is 83.3 Å². The number of carbonyl (C=O) groups excluding carboxylic acids is 3. The molecule has 0 spiro atoms. The zero-order valence-electron chi connectivity index (χ0n) is 24.1. The molecule has 3 amide bonds. The molecule has 46 heavy (non-hydrogen) atoms. The third kappa shape index (κ3) is 7.07. The maximum Gasteiger partial charge on any atom is 0.416 e. The lowest BCUT2D eigenvalue weighted by Gasteiger charge is -2.31. The number of hydrogen-bond donors (Lipinski definition) is 3. The maximum absolute atomic E-state index is 13.5. The Morgan fingerprint density at radius 2 is 1.65 bits per heavy atom. The van der Waals surface area contributed by atoms with Crippen molar-refractivity contribution in [2.75, 3.05) is 18.8 Å². The summed E-state index contributed by atoms with van der Waals surface area (Å²) >= 11 is 2.57. The van der Waals surface area contributed by atoms with Gasteiger partial charge in [0.15, 0.2) is 5.16 Å². The molecule has 6 rings (SSSR count). The third-order valence-corrected chi connectivity index (χ3v) is 9.47. The van der Waals surface area contributed by atoms with E-state index in [1.54, 1.807) is 34.5 Å². The molecule has 2 aromatic heterocycles. The maximum atomic E-state index is 13.5. The van der Waals surface area contributed by atoms with Crippen LogP contribution in [-0.2, 0) is 11.0 Å². The van der Waals surface area contributed by atoms with E-state index in [0.29, 0.717) is 47.8 Å². The lowest BCUT2D eigenvalue weighted by molar-refractivity contribution is -0.137. The van der Waals surface area contributed by atoms with Crippen LogP contribution in [0.4, 0.5) is 13.2 Å². The summed E-state index contributed by atoms with van der Waals surface area (Å²) in [4.78, 5) is 52.2. The first-order valence-electron chi connectivity index (χ1n) is 14.3. The van der Waals surface area contributed by atoms with Crippen molar-refractivity contribution in [3.63, 3.8) is 0 Å². The SMILES string of the molecule is O=C(CSc1nc2ccccc2[nH]1)NNC(=O)c1csc(C2CCN(C(=O)c3ccccc3-c3ccc(C(F)(F)F)cc3)CC2)n1. The largest absolute Gasteiger partial charge is 0.416 e. The summed E-state index contributed by atoms with van der Waals surface area (Å²) in [6.07, 6.45) is -3.16. The predicted octanol–water partition coefficient (Wildman–Crippen LogP) is 6.28. The van der Waals surface area contributed by atoms with Crippen LogP contribution in [0.1, 0.15) is 50.2 Å². The van der Waals surface area contributed by atoms with Gasteiger partial charge in [-0.1, -0.05) is 54.2 Å². The number of alkyl halides is 3. The van der Waals surface area contributed by atoms with E-state index in [2.05, 4.69) is 25.8 Å². The molecule has 0 aliphatic carbocycles. The van der Waals surface area contributed by atoms with E-state index in [-0.39, 0.29) is 23.3 Å². The highest BCUT2D eigenvalue weighted by Gasteiger charge is 2.31. The number of para-hydroxylation sites is 2. The average Bonchev–Trinajstić information content (AvgIpc) is 3.74. The minimum absolute atomic E-state index is 0.0501. The Bertz CT molecular complexity index is 1850. The smallest absolute Gasteiger partial charge is 0.339 e. The number of thiazole rings is 1. The number of likely N-dealkylation sites (tertiary alicyclic amines) is 1. The standard InChI is InChI=1S/C32H27F3N6O3S2/c33-32(34,35)21-11-9-19(10-12-21)22-5-1-2-6-23(22)30(44)41-15-13-20(14-16-41)29-36-26(17-45-29)28(43)40-39-27(42)18-46-31-37-24-7-3-4-8-25(24)38-31/h1-12,17,20H,13-16,18H2,(H,37,38)(H,39,42)(H,40,43). The first-order chi connectivity index (χ1) is 22.2. The average molecular weight is 665 g/mol. The van der Waals surface area contributed by atoms with Gasteiger partial charge in [-0.05, 0) is 54.3 Å². The number of amides is 3. The van der Waals surface area contributed by atoms with Gasteiger partial charge in [0.1, 0.15) is 5.69 Å². The van der Waals surface area contributed by atoms with E-state index in [1.807, 2.05) is 24.3 Å². The summed E-state index contributed by atoms with van der Waals surface area (Å²) in [6, 6.07) is 19.2. The summed E-state index contributed by atoms with van der Waals surface area (Å²) in [5.41, 5.74) is 7.44. The molecule has 0 unspecified atom stereocenters. The van der Waals surface area contributed by atoms with Gasteiger partial charge >= 0.3 is 6.18 Å². The number of hydrazine groups is 1. The number of piperidine rings is 1. The van der Waals surface area contributed by atoms with Crippen LogP contribution < -0.4 is 10.9 Å². The Morgan fingerprint density at radius 1 is 0.935 bits per heavy atom. The Kier molecular flexibility index (Phi) is 9.08. The minimum Gasteiger partial charge on any atom is -0.339 e. The predicted molar refractivity (Wildman–Crippen MR) is 169 cm³/mol. The van der Waals surface area contributed by atoms with E-state index in [0.717, 1.165) is 28.2 Å². The van der Waals surface area contributed by atoms with Crippen molar-refractivity contribution < 1.29 is 27.6 Å². The van der Waals surface area contributed by atoms with Crippen LogP contribution >= 0.6 is 23.1 Å². The van der Waals surface area contributed by atoms with E-state index < -0.39 is 23.6 Å². The second-order valence-electron chi connectivity index (χ2n) is 10.6. The molecule has 0 bridgehead atoms. The molecule has 14 heteroatoms. The molecular formula is C32H27F3N6O3S2. The number of carbonyl (C=O) groups is 3. The summed E-state index contributed by atoms with van der Waals surface area (Å²) in [5, 5.41) is 3.01. The molecule has 3 aromatic carbocycles. The van der Waals surface area contributed by atoms with Crippen molar-refractivity contribution in [1.29, 1.82) is 0 Å². The van der Waals surface area contributed by atoms with Gasteiger partial charge in [-0.2, -0.15) is 13.2 Å². The van der Waals surface area contributed by atoms with Crippen molar-refractivity contribution in [3.05, 3.63) is 100 Å². The van der Waals surface area contributed by atoms with Gasteiger partial charge < -0.3 is 9.88 Å². The Labute approximate surface area is 269 Å². The van der Waals surface area contributed by atoms with Crippen LogP contribution in [0.3, 0.4) is 0 Å². The topological polar surface area (TPSA) is 120 Å². The minimum atomic E-state index is -4.44. The third-order valence-electron chi connectivity index (χ3n) is 7.59. The number of aromatic nitrogens is 3. The van der Waals surface area contributed by atoms with Crippen molar-refractivity contribution in [2.45, 2.75) is 30.1 Å². The molecule has 9 nitrogen and oxygen atoms in total. The summed E-state index contributed by atoms with van der Waals surface area (Å²) in [5.74, 6) is -1.02. The summed E-state index contributed by atoms with van der Waals surface area (Å²) in [6.45, 7) is 0.926. The van der Waals surface area contributed by atoms with Crippen LogP contribution in [0.25, 0.3) is 22.2 Å². The van der Waals surface area contributed by atoms with E-state index in [4.69, 9.17) is 0 Å². The van der Waals surface area contributed by atoms with Gasteiger partial charge in [0.05, 0.1) is 27.4 Å². The number of nitrogens with one attached hydrogen (secondary N) is 3. The first-order valence-corrected chi connectivity index (χ1v) is 16.2. The van der Waals surface area contributed by atoms with Crippen LogP contribution in [0.2, 0.25) is 0 Å². The Morgan fingerprint density at radius 3 is 2.39 bits per heavy atom. The zero-order chi connectivity index (χ0) is 32.3. The number of H-pyrrole nitrogens is 1. The molecule has 0 saturated carbocycles. The number of thioether (sulfide) groups is 1. The summed E-state index contributed by atoms with van der Waals surface area (Å²) < 4.78 is 39.1. The molecule has 1 saturated heterocycles. The Balaban J connectivity index is 0.999. The van der Waals surface area contributed by atoms with Crippen LogP contribution in [0, 0.1) is 0 Å².